The van der Waals surface area contributed by atoms with Crippen molar-refractivity contribution in [1.82, 2.24) is 0 Å². The molecular weight excluding hydrogens is 230 g/mol. The third kappa shape index (κ3) is 7.70. The number of nitriles is 1. The SMILES string of the molecule is N#CCCCSCCCCOc1ccccc1. The molecule has 0 fully saturated rings. The van der Waals surface area contributed by atoms with Crippen molar-refractivity contribution in [2.24, 2.45) is 0 Å². The van der Waals surface area contributed by atoms with Crippen LogP contribution in [-0.2, 0) is 0 Å². The summed E-state index contributed by atoms with van der Waals surface area (Å²) in [6, 6.07) is 12.1. The van der Waals surface area contributed by atoms with E-state index in [0.29, 0.717) is 6.42 Å². The summed E-state index contributed by atoms with van der Waals surface area (Å²) in [6.07, 6.45) is 3.98. The molecule has 0 unspecified atom stereocenters. The molecule has 0 aromatic heterocycles. The number of nitrogens with zero attached hydrogens (tertiary/aromatic N) is 1. The Balaban J connectivity index is 1.87. The van der Waals surface area contributed by atoms with Crippen LogP contribution < -0.4 is 4.74 Å². The maximum Gasteiger partial charge on any atom is 0.119 e. The Hall–Kier alpha value is -1.14. The molecular formula is C14H19NOS. The first-order valence-electron chi connectivity index (χ1n) is 6.06. The molecule has 0 heterocycles. The van der Waals surface area contributed by atoms with Gasteiger partial charge in [-0.05, 0) is 42.9 Å². The summed E-state index contributed by atoms with van der Waals surface area (Å²) in [4.78, 5) is 0. The number of para-hydroxylation sites is 1. The summed E-state index contributed by atoms with van der Waals surface area (Å²) in [5.74, 6) is 3.23. The molecule has 0 radical (unpaired) electrons. The van der Waals surface area contributed by atoms with Crippen LogP contribution in [0.3, 0.4) is 0 Å². The number of rotatable bonds is 9. The van der Waals surface area contributed by atoms with E-state index in [2.05, 4.69) is 6.07 Å². The first-order chi connectivity index (χ1) is 8.43. The van der Waals surface area contributed by atoms with E-state index in [4.69, 9.17) is 10.00 Å². The number of benzene rings is 1. The van der Waals surface area contributed by atoms with E-state index in [1.165, 1.54) is 12.2 Å². The predicted octanol–water partition coefficient (Wildman–Crippen LogP) is 3.88. The van der Waals surface area contributed by atoms with Crippen molar-refractivity contribution < 1.29 is 4.74 Å². The van der Waals surface area contributed by atoms with Gasteiger partial charge in [-0.1, -0.05) is 18.2 Å². The molecule has 0 aliphatic heterocycles. The van der Waals surface area contributed by atoms with Gasteiger partial charge in [0.25, 0.3) is 0 Å². The second-order valence-corrected chi connectivity index (χ2v) is 4.97. The van der Waals surface area contributed by atoms with Crippen LogP contribution >= 0.6 is 11.8 Å². The van der Waals surface area contributed by atoms with Gasteiger partial charge < -0.3 is 4.74 Å². The highest BCUT2D eigenvalue weighted by molar-refractivity contribution is 7.99. The lowest BCUT2D eigenvalue weighted by molar-refractivity contribution is 0.310. The average molecular weight is 249 g/mol. The first kappa shape index (κ1) is 13.9. The van der Waals surface area contributed by atoms with Crippen LogP contribution in [0.15, 0.2) is 30.3 Å². The molecule has 1 aromatic rings. The Morgan fingerprint density at radius 2 is 1.82 bits per heavy atom. The van der Waals surface area contributed by atoms with Crippen molar-refractivity contribution in [3.8, 4) is 11.8 Å². The number of hydrogen-bond acceptors (Lipinski definition) is 3. The van der Waals surface area contributed by atoms with Gasteiger partial charge in [0.15, 0.2) is 0 Å². The highest BCUT2D eigenvalue weighted by Gasteiger charge is 1.93. The number of unbranched alkanes of at least 4 members (excludes halogenated alkanes) is 2. The summed E-state index contributed by atoms with van der Waals surface area (Å²) in [7, 11) is 0. The molecule has 1 rings (SSSR count). The minimum absolute atomic E-state index is 0.685. The minimum atomic E-state index is 0.685. The fourth-order valence-corrected chi connectivity index (χ4v) is 2.33. The molecule has 0 aliphatic rings. The number of hydrogen-bond donors (Lipinski definition) is 0. The molecule has 1 aromatic carbocycles. The molecule has 0 atom stereocenters. The van der Waals surface area contributed by atoms with E-state index < -0.39 is 0 Å². The summed E-state index contributed by atoms with van der Waals surface area (Å²) in [5.41, 5.74) is 0. The van der Waals surface area contributed by atoms with E-state index in [-0.39, 0.29) is 0 Å². The molecule has 0 amide bonds. The topological polar surface area (TPSA) is 33.0 Å². The zero-order chi connectivity index (χ0) is 12.2. The van der Waals surface area contributed by atoms with Gasteiger partial charge in [-0.3, -0.25) is 0 Å². The van der Waals surface area contributed by atoms with Crippen LogP contribution in [0, 0.1) is 11.3 Å². The lowest BCUT2D eigenvalue weighted by Crippen LogP contribution is -1.97. The maximum atomic E-state index is 8.37. The average Bonchev–Trinajstić information content (AvgIpc) is 2.38. The fraction of sp³-hybridized carbons (Fsp3) is 0.500. The molecule has 0 aliphatic carbocycles. The fourth-order valence-electron chi connectivity index (χ4n) is 1.37. The normalized spacial score (nSPS) is 9.82. The van der Waals surface area contributed by atoms with Crippen LogP contribution in [0.1, 0.15) is 25.7 Å². The molecule has 0 saturated heterocycles. The lowest BCUT2D eigenvalue weighted by Gasteiger charge is -2.05. The first-order valence-corrected chi connectivity index (χ1v) is 7.21. The van der Waals surface area contributed by atoms with Crippen LogP contribution in [0.5, 0.6) is 5.75 Å². The minimum Gasteiger partial charge on any atom is -0.494 e. The Labute approximate surface area is 108 Å². The van der Waals surface area contributed by atoms with E-state index >= 15 is 0 Å². The third-order valence-corrected chi connectivity index (χ3v) is 3.43. The van der Waals surface area contributed by atoms with Gasteiger partial charge in [-0.15, -0.1) is 0 Å². The molecule has 3 heteroatoms. The molecule has 17 heavy (non-hydrogen) atoms. The van der Waals surface area contributed by atoms with Crippen molar-refractivity contribution in [2.75, 3.05) is 18.1 Å². The van der Waals surface area contributed by atoms with Gasteiger partial charge >= 0.3 is 0 Å². The molecule has 92 valence electrons. The number of ether oxygens (including phenoxy) is 1. The second kappa shape index (κ2) is 10.0. The van der Waals surface area contributed by atoms with Crippen molar-refractivity contribution in [3.63, 3.8) is 0 Å². The van der Waals surface area contributed by atoms with Crippen LogP contribution in [0.2, 0.25) is 0 Å². The smallest absolute Gasteiger partial charge is 0.119 e. The molecule has 2 nitrogen and oxygen atoms in total. The van der Waals surface area contributed by atoms with E-state index in [1.807, 2.05) is 42.1 Å². The second-order valence-electron chi connectivity index (χ2n) is 3.74. The Bertz CT molecular complexity index is 321. The molecule has 0 saturated carbocycles. The van der Waals surface area contributed by atoms with E-state index in [1.54, 1.807) is 0 Å². The van der Waals surface area contributed by atoms with Crippen LogP contribution in [-0.4, -0.2) is 18.1 Å². The van der Waals surface area contributed by atoms with Gasteiger partial charge in [0.2, 0.25) is 0 Å². The Morgan fingerprint density at radius 3 is 2.59 bits per heavy atom. The summed E-state index contributed by atoms with van der Waals surface area (Å²) in [5, 5.41) is 8.37. The van der Waals surface area contributed by atoms with Gasteiger partial charge in [-0.25, -0.2) is 0 Å². The van der Waals surface area contributed by atoms with Gasteiger partial charge in [0.05, 0.1) is 12.7 Å². The standard InChI is InChI=1S/C14H19NOS/c15-10-4-6-12-17-13-7-5-11-16-14-8-2-1-3-9-14/h1-3,8-9H,4-7,11-13H2. The summed E-state index contributed by atoms with van der Waals surface area (Å²) >= 11 is 1.93. The van der Waals surface area contributed by atoms with Crippen molar-refractivity contribution in [3.05, 3.63) is 30.3 Å². The zero-order valence-electron chi connectivity index (χ0n) is 10.1. The Kier molecular flexibility index (Phi) is 8.22. The summed E-state index contributed by atoms with van der Waals surface area (Å²) in [6.45, 7) is 0.794. The predicted molar refractivity (Wildman–Crippen MR) is 73.3 cm³/mol. The Morgan fingerprint density at radius 1 is 1.06 bits per heavy atom. The maximum absolute atomic E-state index is 8.37. The van der Waals surface area contributed by atoms with Crippen LogP contribution in [0.4, 0.5) is 0 Å². The van der Waals surface area contributed by atoms with E-state index in [9.17, 15) is 0 Å². The third-order valence-electron chi connectivity index (χ3n) is 2.27. The molecule has 0 spiro atoms. The van der Waals surface area contributed by atoms with Crippen molar-refractivity contribution >= 4 is 11.8 Å². The molecule has 0 bridgehead atoms. The largest absolute Gasteiger partial charge is 0.494 e. The van der Waals surface area contributed by atoms with Gasteiger partial charge in [0.1, 0.15) is 5.75 Å². The number of thioether (sulfide) groups is 1. The highest BCUT2D eigenvalue weighted by Crippen LogP contribution is 2.10. The summed E-state index contributed by atoms with van der Waals surface area (Å²) < 4.78 is 5.60. The van der Waals surface area contributed by atoms with Crippen molar-refractivity contribution in [2.45, 2.75) is 25.7 Å². The quantitative estimate of drug-likeness (QED) is 0.623. The monoisotopic (exact) mass is 249 g/mol. The molecule has 0 N–H and O–H groups in total. The van der Waals surface area contributed by atoms with E-state index in [0.717, 1.165) is 31.0 Å². The highest BCUT2D eigenvalue weighted by atomic mass is 32.2. The van der Waals surface area contributed by atoms with Gasteiger partial charge in [0, 0.05) is 6.42 Å². The van der Waals surface area contributed by atoms with Crippen LogP contribution in [0.25, 0.3) is 0 Å². The van der Waals surface area contributed by atoms with Gasteiger partial charge in [-0.2, -0.15) is 17.0 Å². The van der Waals surface area contributed by atoms with Crippen molar-refractivity contribution in [1.29, 1.82) is 5.26 Å². The lowest BCUT2D eigenvalue weighted by atomic mass is 10.3. The zero-order valence-corrected chi connectivity index (χ0v) is 10.9.